The number of carboxylic acids is 1. The average molecular weight is 365 g/mol. The monoisotopic (exact) mass is 365 g/mol. The maximum Gasteiger partial charge on any atom is 0.303 e. The quantitative estimate of drug-likeness (QED) is 0.353. The summed E-state index contributed by atoms with van der Waals surface area (Å²) in [5.74, 6) is 5.15. The lowest BCUT2D eigenvalue weighted by atomic mass is 9.98. The van der Waals surface area contributed by atoms with Gasteiger partial charge in [-0.15, -0.1) is 5.92 Å². The van der Waals surface area contributed by atoms with Crippen LogP contribution in [0.3, 0.4) is 0 Å². The minimum absolute atomic E-state index is 0.0626. The van der Waals surface area contributed by atoms with Crippen molar-refractivity contribution in [2.45, 2.75) is 70.4 Å². The van der Waals surface area contributed by atoms with Gasteiger partial charge in [-0.3, -0.25) is 9.59 Å². The second-order valence-electron chi connectivity index (χ2n) is 6.85. The number of hydrogen-bond acceptors (Lipinski definition) is 4. The molecule has 0 spiro atoms. The number of hydrogen-bond donors (Lipinski definition) is 2. The number of nitrogens with zero attached hydrogens (tertiary/aromatic N) is 1. The van der Waals surface area contributed by atoms with Crippen LogP contribution in [0.1, 0.15) is 58.8 Å². The molecular formula is C20H31NO5. The van der Waals surface area contributed by atoms with Crippen molar-refractivity contribution >= 4 is 11.9 Å². The molecule has 1 heterocycles. The summed E-state index contributed by atoms with van der Waals surface area (Å²) in [4.78, 5) is 24.4. The molecule has 2 atom stereocenters. The molecule has 1 rings (SSSR count). The van der Waals surface area contributed by atoms with Gasteiger partial charge in [-0.05, 0) is 32.6 Å². The Morgan fingerprint density at radius 3 is 2.92 bits per heavy atom. The van der Waals surface area contributed by atoms with E-state index in [0.29, 0.717) is 32.4 Å². The molecule has 1 saturated heterocycles. The number of unbranched alkanes of at least 4 members (excludes halogenated alkanes) is 1. The molecule has 0 aromatic carbocycles. The molecule has 6 heteroatoms. The van der Waals surface area contributed by atoms with Crippen molar-refractivity contribution in [2.24, 2.45) is 0 Å². The van der Waals surface area contributed by atoms with Crippen LogP contribution in [0.15, 0.2) is 12.2 Å². The molecule has 0 bridgehead atoms. The van der Waals surface area contributed by atoms with Gasteiger partial charge in [0.05, 0.1) is 19.2 Å². The number of amides is 1. The molecule has 146 valence electrons. The SMILES string of the molecule is CCCOCC(C)(O)/C=C/[C@H]1CCCC(=O)N1CC#CCCCC(=O)O. The van der Waals surface area contributed by atoms with E-state index in [4.69, 9.17) is 9.84 Å². The third-order valence-corrected chi connectivity index (χ3v) is 4.10. The van der Waals surface area contributed by atoms with E-state index in [-0.39, 0.29) is 25.0 Å². The number of carbonyl (C=O) groups excluding carboxylic acids is 1. The van der Waals surface area contributed by atoms with E-state index in [1.807, 2.05) is 13.0 Å². The maximum atomic E-state index is 12.2. The molecule has 1 unspecified atom stereocenters. The molecule has 1 aliphatic heterocycles. The highest BCUT2D eigenvalue weighted by atomic mass is 16.5. The third-order valence-electron chi connectivity index (χ3n) is 4.10. The number of aliphatic hydroxyl groups is 1. The van der Waals surface area contributed by atoms with Crippen LogP contribution in [0, 0.1) is 11.8 Å². The van der Waals surface area contributed by atoms with Gasteiger partial charge in [0.1, 0.15) is 5.60 Å². The van der Waals surface area contributed by atoms with Crippen LogP contribution < -0.4 is 0 Å². The molecule has 0 aromatic heterocycles. The second-order valence-corrected chi connectivity index (χ2v) is 6.85. The topological polar surface area (TPSA) is 87.1 Å². The van der Waals surface area contributed by atoms with Crippen LogP contribution in [0.4, 0.5) is 0 Å². The normalized spacial score (nSPS) is 19.9. The van der Waals surface area contributed by atoms with E-state index in [1.165, 1.54) is 0 Å². The Morgan fingerprint density at radius 2 is 2.23 bits per heavy atom. The van der Waals surface area contributed by atoms with Crippen LogP contribution in [0.25, 0.3) is 0 Å². The summed E-state index contributed by atoms with van der Waals surface area (Å²) in [6.45, 7) is 4.86. The van der Waals surface area contributed by atoms with E-state index in [1.54, 1.807) is 17.9 Å². The van der Waals surface area contributed by atoms with Crippen LogP contribution in [-0.4, -0.2) is 58.4 Å². The summed E-state index contributed by atoms with van der Waals surface area (Å²) in [5.41, 5.74) is -1.07. The predicted octanol–water partition coefficient (Wildman–Crippen LogP) is 2.36. The Kier molecular flexibility index (Phi) is 10.0. The van der Waals surface area contributed by atoms with Crippen molar-refractivity contribution in [3.05, 3.63) is 12.2 Å². The number of likely N-dealkylation sites (tertiary alicyclic amines) is 1. The first-order valence-corrected chi connectivity index (χ1v) is 9.32. The van der Waals surface area contributed by atoms with Gasteiger partial charge in [0.25, 0.3) is 0 Å². The molecular weight excluding hydrogens is 334 g/mol. The fourth-order valence-corrected chi connectivity index (χ4v) is 2.70. The number of carbonyl (C=O) groups is 2. The van der Waals surface area contributed by atoms with Crippen molar-refractivity contribution in [3.8, 4) is 11.8 Å². The summed E-state index contributed by atoms with van der Waals surface area (Å²) in [6.07, 6.45) is 7.80. The van der Waals surface area contributed by atoms with Crippen LogP contribution in [-0.2, 0) is 14.3 Å². The number of ether oxygens (including phenoxy) is 1. The Bertz CT molecular complexity index is 544. The Morgan fingerprint density at radius 1 is 1.46 bits per heavy atom. The van der Waals surface area contributed by atoms with Crippen molar-refractivity contribution in [2.75, 3.05) is 19.8 Å². The zero-order chi connectivity index (χ0) is 19.4. The molecule has 0 saturated carbocycles. The Hall–Kier alpha value is -1.84. The minimum Gasteiger partial charge on any atom is -0.481 e. The fourth-order valence-electron chi connectivity index (χ4n) is 2.70. The summed E-state index contributed by atoms with van der Waals surface area (Å²) >= 11 is 0. The highest BCUT2D eigenvalue weighted by Crippen LogP contribution is 2.20. The minimum atomic E-state index is -1.07. The molecule has 2 N–H and O–H groups in total. The first kappa shape index (κ1) is 22.2. The zero-order valence-corrected chi connectivity index (χ0v) is 15.9. The summed E-state index contributed by atoms with van der Waals surface area (Å²) in [7, 11) is 0. The molecule has 1 aliphatic rings. The Balaban J connectivity index is 2.58. The summed E-state index contributed by atoms with van der Waals surface area (Å²) in [5, 5.41) is 18.9. The highest BCUT2D eigenvalue weighted by molar-refractivity contribution is 5.78. The molecule has 1 amide bonds. The smallest absolute Gasteiger partial charge is 0.303 e. The van der Waals surface area contributed by atoms with E-state index < -0.39 is 11.6 Å². The zero-order valence-electron chi connectivity index (χ0n) is 15.9. The second kappa shape index (κ2) is 11.7. The van der Waals surface area contributed by atoms with Crippen molar-refractivity contribution < 1.29 is 24.5 Å². The van der Waals surface area contributed by atoms with E-state index in [0.717, 1.165) is 19.3 Å². The summed E-state index contributed by atoms with van der Waals surface area (Å²) in [6, 6.07) is -0.0813. The Labute approximate surface area is 156 Å². The van der Waals surface area contributed by atoms with Crippen LogP contribution >= 0.6 is 0 Å². The molecule has 6 nitrogen and oxygen atoms in total. The van der Waals surface area contributed by atoms with Gasteiger partial charge in [0.2, 0.25) is 5.91 Å². The largest absolute Gasteiger partial charge is 0.481 e. The lowest BCUT2D eigenvalue weighted by Gasteiger charge is -2.33. The van der Waals surface area contributed by atoms with Gasteiger partial charge in [-0.25, -0.2) is 0 Å². The van der Waals surface area contributed by atoms with E-state index in [2.05, 4.69) is 11.8 Å². The highest BCUT2D eigenvalue weighted by Gasteiger charge is 2.26. The number of aliphatic carboxylic acids is 1. The number of rotatable bonds is 10. The van der Waals surface area contributed by atoms with Gasteiger partial charge in [-0.1, -0.05) is 25.0 Å². The average Bonchev–Trinajstić information content (AvgIpc) is 2.57. The number of piperidine rings is 1. The molecule has 0 aromatic rings. The van der Waals surface area contributed by atoms with E-state index in [9.17, 15) is 14.7 Å². The van der Waals surface area contributed by atoms with E-state index >= 15 is 0 Å². The van der Waals surface area contributed by atoms with Crippen molar-refractivity contribution in [3.63, 3.8) is 0 Å². The maximum absolute atomic E-state index is 12.2. The van der Waals surface area contributed by atoms with Gasteiger partial charge >= 0.3 is 5.97 Å². The van der Waals surface area contributed by atoms with Crippen molar-refractivity contribution in [1.82, 2.24) is 4.90 Å². The van der Waals surface area contributed by atoms with Gasteiger partial charge < -0.3 is 19.8 Å². The first-order chi connectivity index (χ1) is 12.4. The molecule has 0 radical (unpaired) electrons. The molecule has 26 heavy (non-hydrogen) atoms. The van der Waals surface area contributed by atoms with Crippen LogP contribution in [0.5, 0.6) is 0 Å². The summed E-state index contributed by atoms with van der Waals surface area (Å²) < 4.78 is 5.41. The lowest BCUT2D eigenvalue weighted by Crippen LogP contribution is -2.43. The van der Waals surface area contributed by atoms with Gasteiger partial charge in [-0.2, -0.15) is 0 Å². The predicted molar refractivity (Wildman–Crippen MR) is 99.5 cm³/mol. The molecule has 1 fully saturated rings. The third kappa shape index (κ3) is 9.02. The van der Waals surface area contributed by atoms with Crippen molar-refractivity contribution in [1.29, 1.82) is 0 Å². The standard InChI is InChI=1S/C20H31NO5/c1-3-15-26-16-20(2,25)13-12-17-9-8-10-18(22)21(17)14-7-5-4-6-11-19(23)24/h12-13,17,25H,3-4,6,8-11,14-16H2,1-2H3,(H,23,24)/b13-12+/t17-,20?/m1/s1. The van der Waals surface area contributed by atoms with Crippen LogP contribution in [0.2, 0.25) is 0 Å². The molecule has 0 aliphatic carbocycles. The van der Waals surface area contributed by atoms with Gasteiger partial charge in [0.15, 0.2) is 0 Å². The fraction of sp³-hybridized carbons (Fsp3) is 0.700. The lowest BCUT2D eigenvalue weighted by molar-refractivity contribution is -0.137. The van der Waals surface area contributed by atoms with Gasteiger partial charge in [0, 0.05) is 25.9 Å². The number of carboxylic acid groups (broad SMARTS) is 1. The first-order valence-electron chi connectivity index (χ1n) is 9.32.